The molecule has 1 aliphatic carbocycles. The quantitative estimate of drug-likeness (QED) is 0.856. The van der Waals surface area contributed by atoms with E-state index in [1.807, 2.05) is 0 Å². The molecule has 3 fully saturated rings. The first-order valence-corrected chi connectivity index (χ1v) is 8.87. The number of aliphatic hydroxyl groups excluding tert-OH is 1. The van der Waals surface area contributed by atoms with E-state index in [2.05, 4.69) is 16.7 Å². The van der Waals surface area contributed by atoms with Gasteiger partial charge in [-0.15, -0.1) is 0 Å². The molecule has 3 unspecified atom stereocenters. The smallest absolute Gasteiger partial charge is 0.0793 e. The van der Waals surface area contributed by atoms with Gasteiger partial charge in [0.2, 0.25) is 0 Å². The van der Waals surface area contributed by atoms with Crippen LogP contribution in [0.15, 0.2) is 0 Å². The van der Waals surface area contributed by atoms with Crippen molar-refractivity contribution in [2.24, 2.45) is 11.8 Å². The Morgan fingerprint density at radius 3 is 2.50 bits per heavy atom. The molecular weight excluding hydrogens is 248 g/mol. The fourth-order valence-corrected chi connectivity index (χ4v) is 4.60. The van der Waals surface area contributed by atoms with Gasteiger partial charge in [-0.2, -0.15) is 0 Å². The van der Waals surface area contributed by atoms with Crippen molar-refractivity contribution in [2.75, 3.05) is 32.7 Å². The SMILES string of the molecule is CC1CCN(CC(O)CN2CCC3CCCCC32)CC1. The summed E-state index contributed by atoms with van der Waals surface area (Å²) in [4.78, 5) is 5.07. The van der Waals surface area contributed by atoms with E-state index in [0.717, 1.165) is 31.0 Å². The fraction of sp³-hybridized carbons (Fsp3) is 1.00. The lowest BCUT2D eigenvalue weighted by Crippen LogP contribution is -2.45. The van der Waals surface area contributed by atoms with Crippen molar-refractivity contribution in [3.63, 3.8) is 0 Å². The van der Waals surface area contributed by atoms with E-state index >= 15 is 0 Å². The van der Waals surface area contributed by atoms with Gasteiger partial charge in [-0.1, -0.05) is 19.8 Å². The molecule has 3 aliphatic rings. The number of hydrogen-bond acceptors (Lipinski definition) is 3. The van der Waals surface area contributed by atoms with Crippen molar-refractivity contribution in [1.29, 1.82) is 0 Å². The van der Waals surface area contributed by atoms with Crippen molar-refractivity contribution in [1.82, 2.24) is 9.80 Å². The van der Waals surface area contributed by atoms with E-state index < -0.39 is 0 Å². The van der Waals surface area contributed by atoms with E-state index in [9.17, 15) is 5.11 Å². The molecule has 3 heteroatoms. The largest absolute Gasteiger partial charge is 0.390 e. The maximum atomic E-state index is 10.4. The second kappa shape index (κ2) is 6.76. The number of hydrogen-bond donors (Lipinski definition) is 1. The molecule has 2 saturated heterocycles. The molecule has 3 atom stereocenters. The summed E-state index contributed by atoms with van der Waals surface area (Å²) in [5.41, 5.74) is 0. The first-order valence-electron chi connectivity index (χ1n) is 8.87. The zero-order valence-corrected chi connectivity index (χ0v) is 13.1. The lowest BCUT2D eigenvalue weighted by atomic mass is 9.85. The Labute approximate surface area is 124 Å². The number of aliphatic hydroxyl groups is 1. The maximum Gasteiger partial charge on any atom is 0.0793 e. The topological polar surface area (TPSA) is 26.7 Å². The molecule has 3 rings (SSSR count). The molecule has 2 heterocycles. The molecule has 0 bridgehead atoms. The van der Waals surface area contributed by atoms with E-state index in [0.29, 0.717) is 0 Å². The minimum Gasteiger partial charge on any atom is -0.390 e. The van der Waals surface area contributed by atoms with E-state index in [1.54, 1.807) is 0 Å². The van der Waals surface area contributed by atoms with Crippen LogP contribution in [0.5, 0.6) is 0 Å². The van der Waals surface area contributed by atoms with Gasteiger partial charge in [-0.05, 0) is 63.6 Å². The zero-order valence-electron chi connectivity index (χ0n) is 13.1. The molecule has 116 valence electrons. The Morgan fingerprint density at radius 2 is 1.70 bits per heavy atom. The first kappa shape index (κ1) is 14.8. The van der Waals surface area contributed by atoms with Crippen molar-refractivity contribution in [3.05, 3.63) is 0 Å². The number of likely N-dealkylation sites (tertiary alicyclic amines) is 2. The summed E-state index contributed by atoms with van der Waals surface area (Å²) in [5.74, 6) is 1.82. The van der Waals surface area contributed by atoms with Crippen molar-refractivity contribution >= 4 is 0 Å². The monoisotopic (exact) mass is 280 g/mol. The average molecular weight is 280 g/mol. The van der Waals surface area contributed by atoms with Gasteiger partial charge in [0.25, 0.3) is 0 Å². The molecule has 0 amide bonds. The number of rotatable bonds is 4. The highest BCUT2D eigenvalue weighted by Gasteiger charge is 2.36. The second-order valence-electron chi connectivity index (χ2n) is 7.53. The minimum atomic E-state index is -0.149. The van der Waals surface area contributed by atoms with Gasteiger partial charge >= 0.3 is 0 Å². The molecule has 0 aromatic carbocycles. The van der Waals surface area contributed by atoms with Gasteiger partial charge in [0.15, 0.2) is 0 Å². The Balaban J connectivity index is 1.43. The van der Waals surface area contributed by atoms with Crippen molar-refractivity contribution in [3.8, 4) is 0 Å². The predicted molar refractivity (Wildman–Crippen MR) is 82.8 cm³/mol. The highest BCUT2D eigenvalue weighted by atomic mass is 16.3. The Morgan fingerprint density at radius 1 is 0.950 bits per heavy atom. The second-order valence-corrected chi connectivity index (χ2v) is 7.53. The number of fused-ring (bicyclic) bond motifs is 1. The maximum absolute atomic E-state index is 10.4. The third-order valence-corrected chi connectivity index (χ3v) is 5.92. The molecule has 0 radical (unpaired) electrons. The highest BCUT2D eigenvalue weighted by molar-refractivity contribution is 4.90. The summed E-state index contributed by atoms with van der Waals surface area (Å²) in [5, 5.41) is 10.4. The fourth-order valence-electron chi connectivity index (χ4n) is 4.60. The van der Waals surface area contributed by atoms with Crippen molar-refractivity contribution < 1.29 is 5.11 Å². The van der Waals surface area contributed by atoms with Crippen LogP contribution in [0.25, 0.3) is 0 Å². The van der Waals surface area contributed by atoms with E-state index in [-0.39, 0.29) is 6.10 Å². The van der Waals surface area contributed by atoms with Gasteiger partial charge in [0.1, 0.15) is 0 Å². The van der Waals surface area contributed by atoms with Crippen LogP contribution in [0, 0.1) is 11.8 Å². The summed E-state index contributed by atoms with van der Waals surface area (Å²) in [6.07, 6.45) is 9.48. The summed E-state index contributed by atoms with van der Waals surface area (Å²) in [6.45, 7) is 7.74. The number of nitrogens with zero attached hydrogens (tertiary/aromatic N) is 2. The van der Waals surface area contributed by atoms with Crippen LogP contribution in [0.4, 0.5) is 0 Å². The zero-order chi connectivity index (χ0) is 13.9. The van der Waals surface area contributed by atoms with Crippen LogP contribution < -0.4 is 0 Å². The highest BCUT2D eigenvalue weighted by Crippen LogP contribution is 2.36. The van der Waals surface area contributed by atoms with Gasteiger partial charge in [-0.3, -0.25) is 4.90 Å². The van der Waals surface area contributed by atoms with E-state index in [1.165, 1.54) is 64.6 Å². The Hall–Kier alpha value is -0.120. The standard InChI is InChI=1S/C17H32N2O/c1-14-6-9-18(10-7-14)12-16(20)13-19-11-8-15-4-2-3-5-17(15)19/h14-17,20H,2-13H2,1H3. The lowest BCUT2D eigenvalue weighted by Gasteiger charge is -2.35. The van der Waals surface area contributed by atoms with Crippen molar-refractivity contribution in [2.45, 2.75) is 64.0 Å². The Bertz CT molecular complexity index is 301. The van der Waals surface area contributed by atoms with Crippen LogP contribution in [0.2, 0.25) is 0 Å². The molecular formula is C17H32N2O. The normalized spacial score (nSPS) is 35.1. The summed E-state index contributed by atoms with van der Waals surface area (Å²) in [7, 11) is 0. The van der Waals surface area contributed by atoms with Crippen LogP contribution in [-0.4, -0.2) is 59.8 Å². The third-order valence-electron chi connectivity index (χ3n) is 5.92. The molecule has 1 N–H and O–H groups in total. The minimum absolute atomic E-state index is 0.149. The molecule has 20 heavy (non-hydrogen) atoms. The molecule has 0 aromatic heterocycles. The molecule has 1 saturated carbocycles. The summed E-state index contributed by atoms with van der Waals surface area (Å²) in [6, 6.07) is 0.791. The van der Waals surface area contributed by atoms with E-state index in [4.69, 9.17) is 0 Å². The summed E-state index contributed by atoms with van der Waals surface area (Å²) >= 11 is 0. The summed E-state index contributed by atoms with van der Waals surface area (Å²) < 4.78 is 0. The average Bonchev–Trinajstić information content (AvgIpc) is 2.85. The van der Waals surface area contributed by atoms with Crippen LogP contribution in [0.3, 0.4) is 0 Å². The van der Waals surface area contributed by atoms with Crippen LogP contribution in [-0.2, 0) is 0 Å². The number of piperidine rings is 1. The third kappa shape index (κ3) is 3.55. The molecule has 2 aliphatic heterocycles. The molecule has 3 nitrogen and oxygen atoms in total. The van der Waals surface area contributed by atoms with Gasteiger partial charge in [0, 0.05) is 19.1 Å². The number of β-amino-alcohol motifs (C(OH)–C–C–N with tert-alkyl or cyclic N) is 1. The van der Waals surface area contributed by atoms with Gasteiger partial charge < -0.3 is 10.0 Å². The van der Waals surface area contributed by atoms with Crippen LogP contribution >= 0.6 is 0 Å². The lowest BCUT2D eigenvalue weighted by molar-refractivity contribution is 0.0503. The van der Waals surface area contributed by atoms with Gasteiger partial charge in [0.05, 0.1) is 6.10 Å². The van der Waals surface area contributed by atoms with Gasteiger partial charge in [-0.25, -0.2) is 0 Å². The predicted octanol–water partition coefficient (Wildman–Crippen LogP) is 2.34. The van der Waals surface area contributed by atoms with Crippen LogP contribution in [0.1, 0.15) is 51.9 Å². The first-order chi connectivity index (χ1) is 9.72. The Kier molecular flexibility index (Phi) is 5.00. The molecule has 0 aromatic rings. The molecule has 0 spiro atoms.